The van der Waals surface area contributed by atoms with Crippen molar-refractivity contribution in [3.8, 4) is 11.5 Å². The normalized spacial score (nSPS) is 13.7. The largest absolute Gasteiger partial charge is 0.493 e. The van der Waals surface area contributed by atoms with Gasteiger partial charge in [-0.1, -0.05) is 12.1 Å². The van der Waals surface area contributed by atoms with Crippen LogP contribution >= 0.6 is 0 Å². The lowest BCUT2D eigenvalue weighted by Crippen LogP contribution is -2.23. The highest BCUT2D eigenvalue weighted by Crippen LogP contribution is 2.30. The van der Waals surface area contributed by atoms with Crippen molar-refractivity contribution in [2.24, 2.45) is 0 Å². The van der Waals surface area contributed by atoms with Gasteiger partial charge >= 0.3 is 0 Å². The van der Waals surface area contributed by atoms with Crippen molar-refractivity contribution in [3.05, 3.63) is 52.3 Å². The van der Waals surface area contributed by atoms with Crippen LogP contribution in [0.15, 0.2) is 41.2 Å². The molecule has 29 heavy (non-hydrogen) atoms. The summed E-state index contributed by atoms with van der Waals surface area (Å²) in [6, 6.07) is 12.0. The Morgan fingerprint density at radius 3 is 2.55 bits per heavy atom. The molecule has 1 N–H and O–H groups in total. The molecule has 0 aliphatic carbocycles. The number of nitrogens with one attached hydrogen (secondary N) is 1. The minimum absolute atomic E-state index is 0.299. The number of methoxy groups -OCH3 is 2. The van der Waals surface area contributed by atoms with Gasteiger partial charge in [0.25, 0.3) is 5.56 Å². The molecule has 3 aromatic rings. The molecule has 0 saturated carbocycles. The molecule has 152 valence electrons. The maximum atomic E-state index is 12.6. The summed E-state index contributed by atoms with van der Waals surface area (Å²) in [5.41, 5.74) is 2.79. The molecule has 1 saturated heterocycles. The summed E-state index contributed by atoms with van der Waals surface area (Å²) < 4.78 is 10.6. The summed E-state index contributed by atoms with van der Waals surface area (Å²) in [5, 5.41) is 0.468. The predicted molar refractivity (Wildman–Crippen MR) is 115 cm³/mol. The topological polar surface area (TPSA) is 70.7 Å². The molecule has 1 aliphatic rings. The van der Waals surface area contributed by atoms with Gasteiger partial charge in [0.15, 0.2) is 11.5 Å². The number of anilines is 2. The van der Waals surface area contributed by atoms with Gasteiger partial charge in [-0.3, -0.25) is 4.79 Å². The first-order chi connectivity index (χ1) is 14.1. The number of ether oxygens (including phenoxy) is 2. The van der Waals surface area contributed by atoms with Crippen molar-refractivity contribution >= 4 is 22.5 Å². The van der Waals surface area contributed by atoms with Gasteiger partial charge in [0, 0.05) is 38.4 Å². The Labute approximate surface area is 169 Å². The first kappa shape index (κ1) is 19.1. The average molecular weight is 394 g/mol. The summed E-state index contributed by atoms with van der Waals surface area (Å²) in [6.07, 6.45) is 2.50. The minimum Gasteiger partial charge on any atom is -0.493 e. The van der Waals surface area contributed by atoms with E-state index in [1.54, 1.807) is 26.4 Å². The summed E-state index contributed by atoms with van der Waals surface area (Å²) in [4.78, 5) is 24.4. The number of aromatic nitrogens is 2. The lowest BCUT2D eigenvalue weighted by Gasteiger charge is -2.21. The quantitative estimate of drug-likeness (QED) is 0.692. The molecule has 4 rings (SSSR count). The fourth-order valence-electron chi connectivity index (χ4n) is 3.82. The standard InChI is InChI=1S/C22H26N4O3/c1-25(14-15-7-6-8-16(11-15)26-9-4-5-10-26)22-23-18-13-20(29-3)19(28-2)12-17(18)21(27)24-22/h6-8,11-13H,4-5,9-10,14H2,1-3H3,(H,23,24,27). The molecule has 2 heterocycles. The number of hydrogen-bond donors (Lipinski definition) is 1. The van der Waals surface area contributed by atoms with Crippen molar-refractivity contribution in [1.29, 1.82) is 0 Å². The number of fused-ring (bicyclic) bond motifs is 1. The number of H-pyrrole nitrogens is 1. The van der Waals surface area contributed by atoms with Gasteiger partial charge in [0.05, 0.1) is 25.1 Å². The van der Waals surface area contributed by atoms with Crippen molar-refractivity contribution in [3.63, 3.8) is 0 Å². The summed E-state index contributed by atoms with van der Waals surface area (Å²) in [5.74, 6) is 1.59. The van der Waals surface area contributed by atoms with Crippen LogP contribution in [0.1, 0.15) is 18.4 Å². The van der Waals surface area contributed by atoms with Crippen LogP contribution in [0.5, 0.6) is 11.5 Å². The average Bonchev–Trinajstić information content (AvgIpc) is 3.28. The van der Waals surface area contributed by atoms with Crippen LogP contribution in [0.4, 0.5) is 11.6 Å². The maximum absolute atomic E-state index is 12.6. The number of hydrogen-bond acceptors (Lipinski definition) is 6. The van der Waals surface area contributed by atoms with E-state index in [0.29, 0.717) is 34.9 Å². The molecule has 1 aromatic heterocycles. The van der Waals surface area contributed by atoms with Crippen LogP contribution in [0, 0.1) is 0 Å². The molecule has 0 radical (unpaired) electrons. The van der Waals surface area contributed by atoms with Crippen LogP contribution in [-0.2, 0) is 6.54 Å². The molecule has 0 atom stereocenters. The van der Waals surface area contributed by atoms with Crippen molar-refractivity contribution in [2.75, 3.05) is 44.2 Å². The molecular weight excluding hydrogens is 368 g/mol. The molecule has 1 fully saturated rings. The predicted octanol–water partition coefficient (Wildman–Crippen LogP) is 3.18. The van der Waals surface area contributed by atoms with Crippen LogP contribution < -0.4 is 24.8 Å². The zero-order valence-electron chi connectivity index (χ0n) is 17.1. The third-order valence-electron chi connectivity index (χ3n) is 5.37. The highest BCUT2D eigenvalue weighted by atomic mass is 16.5. The third-order valence-corrected chi connectivity index (χ3v) is 5.37. The molecule has 1 aliphatic heterocycles. The molecule has 7 heteroatoms. The molecule has 0 bridgehead atoms. The second-order valence-corrected chi connectivity index (χ2v) is 7.34. The van der Waals surface area contributed by atoms with Gasteiger partial charge < -0.3 is 24.3 Å². The Bertz CT molecular complexity index is 1070. The molecule has 0 spiro atoms. The Hall–Kier alpha value is -3.22. The second kappa shape index (κ2) is 8.03. The lowest BCUT2D eigenvalue weighted by atomic mass is 10.2. The molecular formula is C22H26N4O3. The van der Waals surface area contributed by atoms with E-state index in [9.17, 15) is 4.79 Å². The van der Waals surface area contributed by atoms with Crippen LogP contribution in [0.2, 0.25) is 0 Å². The number of aromatic amines is 1. The van der Waals surface area contributed by atoms with Gasteiger partial charge in [0.1, 0.15) is 0 Å². The van der Waals surface area contributed by atoms with E-state index >= 15 is 0 Å². The maximum Gasteiger partial charge on any atom is 0.282 e. The fourth-order valence-corrected chi connectivity index (χ4v) is 3.82. The molecule has 7 nitrogen and oxygen atoms in total. The Kier molecular flexibility index (Phi) is 5.29. The highest BCUT2D eigenvalue weighted by Gasteiger charge is 2.15. The summed E-state index contributed by atoms with van der Waals surface area (Å²) >= 11 is 0. The van der Waals surface area contributed by atoms with Gasteiger partial charge in [-0.15, -0.1) is 0 Å². The lowest BCUT2D eigenvalue weighted by molar-refractivity contribution is 0.355. The number of rotatable bonds is 6. The van der Waals surface area contributed by atoms with Crippen LogP contribution in [0.25, 0.3) is 10.9 Å². The van der Waals surface area contributed by atoms with Crippen LogP contribution in [-0.4, -0.2) is 44.3 Å². The van der Waals surface area contributed by atoms with E-state index in [1.807, 2.05) is 11.9 Å². The van der Waals surface area contributed by atoms with Gasteiger partial charge in [0.2, 0.25) is 5.95 Å². The van der Waals surface area contributed by atoms with Crippen LogP contribution in [0.3, 0.4) is 0 Å². The first-order valence-electron chi connectivity index (χ1n) is 9.80. The fraction of sp³-hybridized carbons (Fsp3) is 0.364. The molecule has 0 amide bonds. The monoisotopic (exact) mass is 394 g/mol. The van der Waals surface area contributed by atoms with E-state index in [4.69, 9.17) is 9.47 Å². The zero-order chi connectivity index (χ0) is 20.4. The smallest absolute Gasteiger partial charge is 0.282 e. The van der Waals surface area contributed by atoms with Crippen molar-refractivity contribution < 1.29 is 9.47 Å². The van der Waals surface area contributed by atoms with E-state index in [2.05, 4.69) is 39.1 Å². The summed E-state index contributed by atoms with van der Waals surface area (Å²) in [7, 11) is 5.04. The van der Waals surface area contributed by atoms with E-state index < -0.39 is 0 Å². The van der Waals surface area contributed by atoms with Crippen molar-refractivity contribution in [1.82, 2.24) is 9.97 Å². The second-order valence-electron chi connectivity index (χ2n) is 7.34. The Morgan fingerprint density at radius 1 is 1.10 bits per heavy atom. The molecule has 2 aromatic carbocycles. The number of nitrogens with zero attached hydrogens (tertiary/aromatic N) is 3. The van der Waals surface area contributed by atoms with E-state index in [-0.39, 0.29) is 5.56 Å². The molecule has 0 unspecified atom stereocenters. The summed E-state index contributed by atoms with van der Waals surface area (Å²) in [6.45, 7) is 2.87. The Morgan fingerprint density at radius 2 is 1.83 bits per heavy atom. The third kappa shape index (κ3) is 3.85. The van der Waals surface area contributed by atoms with E-state index in [0.717, 1.165) is 13.1 Å². The van der Waals surface area contributed by atoms with E-state index in [1.165, 1.54) is 24.1 Å². The van der Waals surface area contributed by atoms with Crippen molar-refractivity contribution in [2.45, 2.75) is 19.4 Å². The van der Waals surface area contributed by atoms with Gasteiger partial charge in [-0.25, -0.2) is 0 Å². The minimum atomic E-state index is -0.299. The first-order valence-corrected chi connectivity index (χ1v) is 9.80. The van der Waals surface area contributed by atoms with Gasteiger partial charge in [-0.2, -0.15) is 4.98 Å². The SMILES string of the molecule is COc1cc2[nH]c(N(C)Cc3cccc(N4CCCC4)c3)nc(=O)c2cc1OC. The number of benzene rings is 2. The van der Waals surface area contributed by atoms with Gasteiger partial charge in [-0.05, 0) is 36.6 Å². The Balaban J connectivity index is 1.62. The zero-order valence-corrected chi connectivity index (χ0v) is 17.1. The highest BCUT2D eigenvalue weighted by molar-refractivity contribution is 5.82.